The third-order valence-electron chi connectivity index (χ3n) is 2.88. The van der Waals surface area contributed by atoms with E-state index in [0.717, 1.165) is 28.5 Å². The summed E-state index contributed by atoms with van der Waals surface area (Å²) in [6, 6.07) is 7.32. The molecule has 2 heterocycles. The largest absolute Gasteiger partial charge is 0.508 e. The molecule has 0 atom stereocenters. The van der Waals surface area contributed by atoms with Gasteiger partial charge in [0.2, 0.25) is 0 Å². The second-order valence-corrected chi connectivity index (χ2v) is 4.09. The highest BCUT2D eigenvalue weighted by molar-refractivity contribution is 5.94. The first-order valence-corrected chi connectivity index (χ1v) is 5.57. The van der Waals surface area contributed by atoms with Crippen molar-refractivity contribution in [2.45, 2.75) is 6.42 Å². The Morgan fingerprint density at radius 1 is 1.29 bits per heavy atom. The zero-order chi connectivity index (χ0) is 11.8. The molecule has 3 rings (SSSR count). The minimum atomic E-state index is 0.258. The fourth-order valence-corrected chi connectivity index (χ4v) is 2.07. The number of rotatable bonds is 2. The van der Waals surface area contributed by atoms with E-state index in [1.165, 1.54) is 0 Å². The van der Waals surface area contributed by atoms with Crippen molar-refractivity contribution in [2.24, 2.45) is 5.73 Å². The van der Waals surface area contributed by atoms with E-state index in [-0.39, 0.29) is 5.75 Å². The number of phenolic OH excluding ortho intramolecular Hbond substituents is 1. The van der Waals surface area contributed by atoms with Gasteiger partial charge < -0.3 is 15.2 Å². The van der Waals surface area contributed by atoms with Crippen LogP contribution in [0.2, 0.25) is 0 Å². The summed E-state index contributed by atoms with van der Waals surface area (Å²) in [5.74, 6) is 0.258. The van der Waals surface area contributed by atoms with Crippen LogP contribution in [0.15, 0.2) is 36.7 Å². The predicted molar refractivity (Wildman–Crippen MR) is 67.1 cm³/mol. The van der Waals surface area contributed by atoms with Crippen LogP contribution in [0.1, 0.15) is 5.69 Å². The van der Waals surface area contributed by atoms with Crippen LogP contribution in [-0.4, -0.2) is 21.0 Å². The number of phenols is 1. The van der Waals surface area contributed by atoms with E-state index >= 15 is 0 Å². The minimum absolute atomic E-state index is 0.258. The van der Waals surface area contributed by atoms with E-state index in [2.05, 4.69) is 4.98 Å². The standard InChI is InChI=1S/C13H13N3O/c14-5-3-10-8-16-6-4-9-1-2-11(17)7-12(9)13(16)15-10/h1-2,4,6-8,17H,3,5,14H2. The number of hydrogen-bond acceptors (Lipinski definition) is 3. The molecular weight excluding hydrogens is 214 g/mol. The zero-order valence-electron chi connectivity index (χ0n) is 9.30. The highest BCUT2D eigenvalue weighted by Gasteiger charge is 2.05. The van der Waals surface area contributed by atoms with Gasteiger partial charge in [0.05, 0.1) is 5.69 Å². The fourth-order valence-electron chi connectivity index (χ4n) is 2.07. The molecule has 17 heavy (non-hydrogen) atoms. The van der Waals surface area contributed by atoms with E-state index in [1.54, 1.807) is 12.1 Å². The summed E-state index contributed by atoms with van der Waals surface area (Å²) in [4.78, 5) is 4.54. The van der Waals surface area contributed by atoms with Gasteiger partial charge in [0.1, 0.15) is 11.4 Å². The number of pyridine rings is 1. The summed E-state index contributed by atoms with van der Waals surface area (Å²) in [6.45, 7) is 0.590. The molecule has 0 spiro atoms. The highest BCUT2D eigenvalue weighted by atomic mass is 16.3. The van der Waals surface area contributed by atoms with Crippen molar-refractivity contribution in [3.05, 3.63) is 42.4 Å². The number of hydrogen-bond donors (Lipinski definition) is 2. The second-order valence-electron chi connectivity index (χ2n) is 4.09. The van der Waals surface area contributed by atoms with Crippen LogP contribution in [0.4, 0.5) is 0 Å². The molecule has 0 aliphatic carbocycles. The van der Waals surface area contributed by atoms with Gasteiger partial charge in [-0.15, -0.1) is 0 Å². The first kappa shape index (κ1) is 10.1. The van der Waals surface area contributed by atoms with Crippen LogP contribution in [0.25, 0.3) is 16.4 Å². The Bertz CT molecular complexity index is 688. The van der Waals surface area contributed by atoms with Crippen LogP contribution < -0.4 is 5.73 Å². The summed E-state index contributed by atoms with van der Waals surface area (Å²) in [5.41, 5.74) is 7.37. The minimum Gasteiger partial charge on any atom is -0.508 e. The normalized spacial score (nSPS) is 11.4. The maximum atomic E-state index is 9.54. The first-order chi connectivity index (χ1) is 8.28. The van der Waals surface area contributed by atoms with E-state index in [4.69, 9.17) is 5.73 Å². The third kappa shape index (κ3) is 1.62. The topological polar surface area (TPSA) is 63.5 Å². The monoisotopic (exact) mass is 227 g/mol. The maximum absolute atomic E-state index is 9.54. The average Bonchev–Trinajstić information content (AvgIpc) is 2.72. The van der Waals surface area contributed by atoms with Crippen LogP contribution in [-0.2, 0) is 6.42 Å². The van der Waals surface area contributed by atoms with Crippen molar-refractivity contribution in [2.75, 3.05) is 6.54 Å². The molecule has 4 heteroatoms. The van der Waals surface area contributed by atoms with Crippen molar-refractivity contribution in [3.63, 3.8) is 0 Å². The van der Waals surface area contributed by atoms with E-state index in [1.807, 2.05) is 28.9 Å². The van der Waals surface area contributed by atoms with E-state index in [0.29, 0.717) is 6.54 Å². The Balaban J connectivity index is 2.33. The van der Waals surface area contributed by atoms with Crippen molar-refractivity contribution in [1.29, 1.82) is 0 Å². The Labute approximate surface area is 98.3 Å². The summed E-state index contributed by atoms with van der Waals surface area (Å²) in [7, 11) is 0. The Hall–Kier alpha value is -2.07. The Morgan fingerprint density at radius 2 is 2.18 bits per heavy atom. The van der Waals surface area contributed by atoms with Crippen molar-refractivity contribution in [1.82, 2.24) is 9.38 Å². The molecule has 3 aromatic rings. The molecule has 0 saturated heterocycles. The molecule has 0 fully saturated rings. The van der Waals surface area contributed by atoms with Gasteiger partial charge >= 0.3 is 0 Å². The number of nitrogens with two attached hydrogens (primary N) is 1. The number of fused-ring (bicyclic) bond motifs is 3. The fraction of sp³-hybridized carbons (Fsp3) is 0.154. The predicted octanol–water partition coefficient (Wildman–Crippen LogP) is 1.69. The molecule has 0 aliphatic heterocycles. The summed E-state index contributed by atoms with van der Waals surface area (Å²) in [5, 5.41) is 11.6. The number of aromatic nitrogens is 2. The number of benzene rings is 1. The molecule has 86 valence electrons. The molecule has 0 amide bonds. The van der Waals surface area contributed by atoms with Gasteiger partial charge in [0.25, 0.3) is 0 Å². The van der Waals surface area contributed by atoms with Gasteiger partial charge in [0, 0.05) is 24.2 Å². The van der Waals surface area contributed by atoms with Gasteiger partial charge in [-0.2, -0.15) is 0 Å². The lowest BCUT2D eigenvalue weighted by Gasteiger charge is -2.00. The van der Waals surface area contributed by atoms with Crippen LogP contribution in [0.3, 0.4) is 0 Å². The highest BCUT2D eigenvalue weighted by Crippen LogP contribution is 2.23. The third-order valence-corrected chi connectivity index (χ3v) is 2.88. The molecule has 1 aromatic carbocycles. The molecule has 0 aliphatic rings. The van der Waals surface area contributed by atoms with Crippen LogP contribution >= 0.6 is 0 Å². The van der Waals surface area contributed by atoms with Gasteiger partial charge in [-0.1, -0.05) is 6.07 Å². The van der Waals surface area contributed by atoms with Crippen LogP contribution in [0.5, 0.6) is 5.75 Å². The lowest BCUT2D eigenvalue weighted by Crippen LogP contribution is -2.02. The van der Waals surface area contributed by atoms with Crippen molar-refractivity contribution >= 4 is 16.4 Å². The average molecular weight is 227 g/mol. The smallest absolute Gasteiger partial charge is 0.145 e. The van der Waals surface area contributed by atoms with Gasteiger partial charge in [-0.25, -0.2) is 4.98 Å². The summed E-state index contributed by atoms with van der Waals surface area (Å²) >= 11 is 0. The van der Waals surface area contributed by atoms with Gasteiger partial charge in [0.15, 0.2) is 0 Å². The molecule has 2 aromatic heterocycles. The summed E-state index contributed by atoms with van der Waals surface area (Å²) in [6.07, 6.45) is 4.72. The SMILES string of the molecule is NCCc1cn2ccc3ccc(O)cc3c2n1. The number of nitrogens with zero attached hydrogens (tertiary/aromatic N) is 2. The number of aromatic hydroxyl groups is 1. The van der Waals surface area contributed by atoms with Gasteiger partial charge in [-0.3, -0.25) is 0 Å². The molecular formula is C13H13N3O. The molecule has 0 radical (unpaired) electrons. The van der Waals surface area contributed by atoms with Gasteiger partial charge in [-0.05, 0) is 30.1 Å². The van der Waals surface area contributed by atoms with Crippen molar-refractivity contribution in [3.8, 4) is 5.75 Å². The lowest BCUT2D eigenvalue weighted by atomic mass is 10.1. The van der Waals surface area contributed by atoms with E-state index in [9.17, 15) is 5.11 Å². The molecule has 0 unspecified atom stereocenters. The molecule has 0 bridgehead atoms. The van der Waals surface area contributed by atoms with Crippen molar-refractivity contribution < 1.29 is 5.11 Å². The lowest BCUT2D eigenvalue weighted by molar-refractivity contribution is 0.476. The molecule has 0 saturated carbocycles. The van der Waals surface area contributed by atoms with E-state index < -0.39 is 0 Å². The Kier molecular flexibility index (Phi) is 2.23. The maximum Gasteiger partial charge on any atom is 0.145 e. The van der Waals surface area contributed by atoms with Crippen LogP contribution in [0, 0.1) is 0 Å². The summed E-state index contributed by atoms with van der Waals surface area (Å²) < 4.78 is 1.97. The quantitative estimate of drug-likeness (QED) is 0.700. The zero-order valence-corrected chi connectivity index (χ0v) is 9.30. The first-order valence-electron chi connectivity index (χ1n) is 5.57. The molecule has 4 nitrogen and oxygen atoms in total. The Morgan fingerprint density at radius 3 is 3.00 bits per heavy atom. The molecule has 3 N–H and O–H groups in total. The second kappa shape index (κ2) is 3.75. The number of imidazole rings is 1.